The van der Waals surface area contributed by atoms with Crippen LogP contribution in [0, 0.1) is 0 Å². The highest BCUT2D eigenvalue weighted by Crippen LogP contribution is 2.11. The second-order valence-corrected chi connectivity index (χ2v) is 3.18. The van der Waals surface area contributed by atoms with Gasteiger partial charge in [-0.2, -0.15) is 4.99 Å². The van der Waals surface area contributed by atoms with E-state index in [1.165, 1.54) is 5.57 Å². The van der Waals surface area contributed by atoms with Crippen LogP contribution < -0.4 is 16.8 Å². The van der Waals surface area contributed by atoms with Gasteiger partial charge in [0.1, 0.15) is 0 Å². The van der Waals surface area contributed by atoms with Crippen LogP contribution in [0.4, 0.5) is 0 Å². The Morgan fingerprint density at radius 1 is 1.53 bits per heavy atom. The maximum atomic E-state index is 5.25. The maximum absolute atomic E-state index is 5.25. The Bertz CT molecular complexity index is 321. The SMILES string of the molecule is CN=C(N=C(N)N)NCCC1=CCC=C1. The molecule has 0 aromatic heterocycles. The van der Waals surface area contributed by atoms with Gasteiger partial charge >= 0.3 is 0 Å². The summed E-state index contributed by atoms with van der Waals surface area (Å²) in [6.07, 6.45) is 8.46. The summed E-state index contributed by atoms with van der Waals surface area (Å²) < 4.78 is 0. The Hall–Kier alpha value is -1.78. The monoisotopic (exact) mass is 207 g/mol. The zero-order valence-electron chi connectivity index (χ0n) is 8.90. The number of nitrogens with one attached hydrogen (secondary N) is 1. The number of allylic oxidation sites excluding steroid dienone is 3. The molecule has 5 nitrogen and oxygen atoms in total. The molecule has 0 amide bonds. The van der Waals surface area contributed by atoms with E-state index in [4.69, 9.17) is 11.5 Å². The molecule has 0 bridgehead atoms. The number of hydrogen-bond acceptors (Lipinski definition) is 1. The van der Waals surface area contributed by atoms with Crippen molar-refractivity contribution in [2.45, 2.75) is 12.8 Å². The molecule has 5 N–H and O–H groups in total. The average Bonchev–Trinajstić information content (AvgIpc) is 2.68. The number of nitrogens with zero attached hydrogens (tertiary/aromatic N) is 2. The van der Waals surface area contributed by atoms with Gasteiger partial charge in [0.2, 0.25) is 5.96 Å². The summed E-state index contributed by atoms with van der Waals surface area (Å²) in [5.74, 6) is 0.487. The molecule has 0 fully saturated rings. The molecule has 1 rings (SSSR count). The van der Waals surface area contributed by atoms with E-state index in [1.54, 1.807) is 7.05 Å². The Balaban J connectivity index is 2.29. The molecule has 82 valence electrons. The molecular formula is C10H17N5. The van der Waals surface area contributed by atoms with Gasteiger partial charge < -0.3 is 16.8 Å². The van der Waals surface area contributed by atoms with Gasteiger partial charge in [-0.25, -0.2) is 0 Å². The van der Waals surface area contributed by atoms with Crippen molar-refractivity contribution in [1.29, 1.82) is 0 Å². The zero-order chi connectivity index (χ0) is 11.1. The molecular weight excluding hydrogens is 190 g/mol. The Morgan fingerprint density at radius 2 is 2.33 bits per heavy atom. The topological polar surface area (TPSA) is 88.8 Å². The summed E-state index contributed by atoms with van der Waals surface area (Å²) in [7, 11) is 1.64. The van der Waals surface area contributed by atoms with Gasteiger partial charge in [0.05, 0.1) is 0 Å². The van der Waals surface area contributed by atoms with Crippen molar-refractivity contribution in [3.05, 3.63) is 23.8 Å². The van der Waals surface area contributed by atoms with Crippen LogP contribution in [0.15, 0.2) is 33.8 Å². The molecule has 0 aromatic rings. The summed E-state index contributed by atoms with van der Waals surface area (Å²) in [6.45, 7) is 0.777. The second kappa shape index (κ2) is 5.85. The van der Waals surface area contributed by atoms with Crippen molar-refractivity contribution in [3.63, 3.8) is 0 Å². The summed E-state index contributed by atoms with van der Waals surface area (Å²) in [6, 6.07) is 0. The Kier molecular flexibility index (Phi) is 4.40. The van der Waals surface area contributed by atoms with Crippen LogP contribution >= 0.6 is 0 Å². The highest BCUT2D eigenvalue weighted by molar-refractivity contribution is 5.93. The molecule has 0 heterocycles. The van der Waals surface area contributed by atoms with E-state index in [9.17, 15) is 0 Å². The fourth-order valence-electron chi connectivity index (χ4n) is 1.30. The first-order valence-corrected chi connectivity index (χ1v) is 4.88. The minimum absolute atomic E-state index is 0.0167. The third-order valence-electron chi connectivity index (χ3n) is 1.99. The number of rotatable bonds is 3. The first-order chi connectivity index (χ1) is 7.22. The van der Waals surface area contributed by atoms with Crippen molar-refractivity contribution < 1.29 is 0 Å². The van der Waals surface area contributed by atoms with Gasteiger partial charge in [-0.05, 0) is 12.8 Å². The lowest BCUT2D eigenvalue weighted by atomic mass is 10.2. The van der Waals surface area contributed by atoms with Crippen LogP contribution in [-0.4, -0.2) is 25.5 Å². The summed E-state index contributed by atoms with van der Waals surface area (Å²) in [5.41, 5.74) is 11.8. The molecule has 0 spiro atoms. The molecule has 15 heavy (non-hydrogen) atoms. The first-order valence-electron chi connectivity index (χ1n) is 4.88. The third kappa shape index (κ3) is 4.30. The van der Waals surface area contributed by atoms with E-state index in [2.05, 4.69) is 33.5 Å². The van der Waals surface area contributed by atoms with Crippen molar-refractivity contribution in [2.24, 2.45) is 21.5 Å². The smallest absolute Gasteiger partial charge is 0.220 e. The van der Waals surface area contributed by atoms with E-state index >= 15 is 0 Å². The highest BCUT2D eigenvalue weighted by Gasteiger charge is 1.99. The van der Waals surface area contributed by atoms with E-state index in [-0.39, 0.29) is 5.96 Å². The summed E-state index contributed by atoms with van der Waals surface area (Å²) in [5, 5.41) is 3.06. The van der Waals surface area contributed by atoms with Gasteiger partial charge in [0, 0.05) is 13.6 Å². The minimum atomic E-state index is 0.0167. The van der Waals surface area contributed by atoms with Crippen LogP contribution in [0.3, 0.4) is 0 Å². The van der Waals surface area contributed by atoms with E-state index in [0.717, 1.165) is 19.4 Å². The fourth-order valence-corrected chi connectivity index (χ4v) is 1.30. The first kappa shape index (κ1) is 11.3. The van der Waals surface area contributed by atoms with E-state index < -0.39 is 0 Å². The van der Waals surface area contributed by atoms with Crippen LogP contribution in [0.1, 0.15) is 12.8 Å². The van der Waals surface area contributed by atoms with Crippen molar-refractivity contribution in [3.8, 4) is 0 Å². The maximum Gasteiger partial charge on any atom is 0.220 e. The number of nitrogens with two attached hydrogens (primary N) is 2. The van der Waals surface area contributed by atoms with Gasteiger partial charge in [0.15, 0.2) is 5.96 Å². The predicted octanol–water partition coefficient (Wildman–Crippen LogP) is 0.112. The highest BCUT2D eigenvalue weighted by atomic mass is 15.2. The zero-order valence-corrected chi connectivity index (χ0v) is 8.90. The van der Waals surface area contributed by atoms with Crippen molar-refractivity contribution >= 4 is 11.9 Å². The number of aliphatic imine (C=N–C) groups is 2. The lowest BCUT2D eigenvalue weighted by Gasteiger charge is -2.04. The molecule has 0 saturated carbocycles. The third-order valence-corrected chi connectivity index (χ3v) is 1.99. The van der Waals surface area contributed by atoms with Crippen molar-refractivity contribution in [1.82, 2.24) is 5.32 Å². The lowest BCUT2D eigenvalue weighted by molar-refractivity contribution is 0.860. The van der Waals surface area contributed by atoms with Gasteiger partial charge in [-0.3, -0.25) is 4.99 Å². The van der Waals surface area contributed by atoms with E-state index in [1.807, 2.05) is 0 Å². The number of hydrogen-bond donors (Lipinski definition) is 3. The number of guanidine groups is 2. The second-order valence-electron chi connectivity index (χ2n) is 3.18. The molecule has 0 radical (unpaired) electrons. The molecule has 5 heteroatoms. The molecule has 1 aliphatic rings. The molecule has 0 aromatic carbocycles. The van der Waals surface area contributed by atoms with Gasteiger partial charge in [-0.1, -0.05) is 23.8 Å². The van der Waals surface area contributed by atoms with Gasteiger partial charge in [0.25, 0.3) is 0 Å². The molecule has 0 aliphatic heterocycles. The standard InChI is InChI=1S/C10H17N5/c1-13-10(15-9(11)12)14-7-6-8-4-2-3-5-8/h2,4-5H,3,6-7H2,1H3,(H5,11,12,13,14,15). The predicted molar refractivity (Wildman–Crippen MR) is 63.6 cm³/mol. The van der Waals surface area contributed by atoms with Gasteiger partial charge in [-0.15, -0.1) is 0 Å². The molecule has 0 unspecified atom stereocenters. The average molecular weight is 207 g/mol. The van der Waals surface area contributed by atoms with E-state index in [0.29, 0.717) is 5.96 Å². The minimum Gasteiger partial charge on any atom is -0.370 e. The summed E-state index contributed by atoms with van der Waals surface area (Å²) >= 11 is 0. The normalized spacial score (nSPS) is 15.0. The van der Waals surface area contributed by atoms with Crippen molar-refractivity contribution in [2.75, 3.05) is 13.6 Å². The molecule has 1 aliphatic carbocycles. The van der Waals surface area contributed by atoms with Crippen LogP contribution in [0.2, 0.25) is 0 Å². The Labute approximate surface area is 89.7 Å². The lowest BCUT2D eigenvalue weighted by Crippen LogP contribution is -2.30. The fraction of sp³-hybridized carbons (Fsp3) is 0.400. The van der Waals surface area contributed by atoms with Crippen LogP contribution in [-0.2, 0) is 0 Å². The summed E-state index contributed by atoms with van der Waals surface area (Å²) in [4.78, 5) is 7.75. The molecule has 0 atom stereocenters. The van der Waals surface area contributed by atoms with Crippen LogP contribution in [0.25, 0.3) is 0 Å². The largest absolute Gasteiger partial charge is 0.370 e. The van der Waals surface area contributed by atoms with Crippen LogP contribution in [0.5, 0.6) is 0 Å². The Morgan fingerprint density at radius 3 is 2.87 bits per heavy atom. The quantitative estimate of drug-likeness (QED) is 0.453. The molecule has 0 saturated heterocycles.